The van der Waals surface area contributed by atoms with Crippen molar-refractivity contribution in [3.8, 4) is 5.75 Å². The number of carbonyl (C=O) groups excluding carboxylic acids is 1. The van der Waals surface area contributed by atoms with Crippen molar-refractivity contribution >= 4 is 33.2 Å². The summed E-state index contributed by atoms with van der Waals surface area (Å²) in [6.45, 7) is 3.94. The summed E-state index contributed by atoms with van der Waals surface area (Å²) in [7, 11) is -3.64. The van der Waals surface area contributed by atoms with Gasteiger partial charge in [-0.1, -0.05) is 29.8 Å². The molecule has 0 radical (unpaired) electrons. The van der Waals surface area contributed by atoms with Gasteiger partial charge in [-0.3, -0.25) is 4.79 Å². The van der Waals surface area contributed by atoms with E-state index in [1.807, 2.05) is 18.2 Å². The second-order valence-electron chi connectivity index (χ2n) is 7.60. The molecule has 8 nitrogen and oxygen atoms in total. The molecule has 0 bridgehead atoms. The predicted octanol–water partition coefficient (Wildman–Crippen LogP) is 2.09. The summed E-state index contributed by atoms with van der Waals surface area (Å²) in [4.78, 5) is 16.7. The number of halogens is 1. The minimum atomic E-state index is -3.64. The normalized spacial score (nSPS) is 17.9. The highest BCUT2D eigenvalue weighted by Gasteiger charge is 2.27. The number of ether oxygens (including phenoxy) is 2. The Kier molecular flexibility index (Phi) is 7.20. The van der Waals surface area contributed by atoms with Crippen molar-refractivity contribution in [2.24, 2.45) is 0 Å². The molecular formula is C22H26ClN3O5S. The predicted molar refractivity (Wildman–Crippen MR) is 122 cm³/mol. The Bertz CT molecular complexity index is 1040. The minimum absolute atomic E-state index is 0.0973. The molecule has 2 aromatic carbocycles. The quantitative estimate of drug-likeness (QED) is 0.631. The maximum atomic E-state index is 12.8. The molecule has 0 saturated carbocycles. The number of hydrogen-bond donors (Lipinski definition) is 0. The third-order valence-electron chi connectivity index (χ3n) is 5.62. The van der Waals surface area contributed by atoms with Crippen LogP contribution in [0.3, 0.4) is 0 Å². The number of nitrogens with zero attached hydrogens (tertiary/aromatic N) is 3. The van der Waals surface area contributed by atoms with Crippen LogP contribution in [0.25, 0.3) is 0 Å². The van der Waals surface area contributed by atoms with Crippen LogP contribution in [0.2, 0.25) is 5.02 Å². The number of benzene rings is 2. The summed E-state index contributed by atoms with van der Waals surface area (Å²) in [5, 5.41) is 0.154. The smallest absolute Gasteiger partial charge is 0.260 e. The second-order valence-corrected chi connectivity index (χ2v) is 9.95. The molecule has 0 aromatic heterocycles. The van der Waals surface area contributed by atoms with E-state index >= 15 is 0 Å². The largest absolute Gasteiger partial charge is 0.482 e. The summed E-state index contributed by atoms with van der Waals surface area (Å²) in [6, 6.07) is 14.4. The summed E-state index contributed by atoms with van der Waals surface area (Å²) in [6.07, 6.45) is 0. The molecular weight excluding hydrogens is 454 g/mol. The highest BCUT2D eigenvalue weighted by atomic mass is 35.5. The number of para-hydroxylation sites is 1. The van der Waals surface area contributed by atoms with Crippen molar-refractivity contribution in [3.05, 3.63) is 53.6 Å². The zero-order chi connectivity index (χ0) is 22.6. The first kappa shape index (κ1) is 22.8. The van der Waals surface area contributed by atoms with Crippen molar-refractivity contribution < 1.29 is 22.7 Å². The van der Waals surface area contributed by atoms with Gasteiger partial charge in [-0.15, -0.1) is 0 Å². The number of hydrogen-bond acceptors (Lipinski definition) is 6. The van der Waals surface area contributed by atoms with E-state index in [2.05, 4.69) is 17.0 Å². The van der Waals surface area contributed by atoms with E-state index in [-0.39, 0.29) is 28.2 Å². The maximum absolute atomic E-state index is 12.8. The van der Waals surface area contributed by atoms with Crippen LogP contribution in [0.1, 0.15) is 0 Å². The van der Waals surface area contributed by atoms with Gasteiger partial charge in [-0.25, -0.2) is 8.42 Å². The lowest BCUT2D eigenvalue weighted by molar-refractivity contribution is -0.133. The summed E-state index contributed by atoms with van der Waals surface area (Å²) >= 11 is 6.27. The molecule has 32 heavy (non-hydrogen) atoms. The molecule has 0 spiro atoms. The average molecular weight is 480 g/mol. The first-order valence-corrected chi connectivity index (χ1v) is 12.3. The molecule has 2 heterocycles. The Morgan fingerprint density at radius 1 is 0.969 bits per heavy atom. The Hall–Kier alpha value is -2.33. The topological polar surface area (TPSA) is 79.4 Å². The highest BCUT2D eigenvalue weighted by Crippen LogP contribution is 2.29. The van der Waals surface area contributed by atoms with Crippen LogP contribution in [0, 0.1) is 0 Å². The maximum Gasteiger partial charge on any atom is 0.260 e. The molecule has 1 amide bonds. The molecule has 2 aliphatic heterocycles. The number of carbonyl (C=O) groups is 1. The van der Waals surface area contributed by atoms with E-state index in [1.165, 1.54) is 22.5 Å². The number of sulfonamides is 1. The fourth-order valence-electron chi connectivity index (χ4n) is 3.78. The number of piperazine rings is 1. The van der Waals surface area contributed by atoms with Crippen LogP contribution in [0.4, 0.5) is 5.69 Å². The van der Waals surface area contributed by atoms with E-state index in [0.29, 0.717) is 39.4 Å². The lowest BCUT2D eigenvalue weighted by atomic mass is 10.2. The fourth-order valence-corrected chi connectivity index (χ4v) is 5.51. The van der Waals surface area contributed by atoms with Gasteiger partial charge < -0.3 is 19.3 Å². The molecule has 0 N–H and O–H groups in total. The molecule has 4 rings (SSSR count). The Labute approximate surface area is 193 Å². The van der Waals surface area contributed by atoms with Crippen LogP contribution in [-0.4, -0.2) is 82.6 Å². The van der Waals surface area contributed by atoms with Gasteiger partial charge in [0, 0.05) is 45.0 Å². The third kappa shape index (κ3) is 5.17. The fraction of sp³-hybridized carbons (Fsp3) is 0.409. The van der Waals surface area contributed by atoms with Gasteiger partial charge in [0.1, 0.15) is 5.75 Å². The summed E-state index contributed by atoms with van der Waals surface area (Å²) in [5.41, 5.74) is 1.15. The first-order valence-electron chi connectivity index (χ1n) is 10.5. The van der Waals surface area contributed by atoms with Gasteiger partial charge >= 0.3 is 0 Å². The van der Waals surface area contributed by atoms with Crippen LogP contribution >= 0.6 is 11.6 Å². The van der Waals surface area contributed by atoms with E-state index in [9.17, 15) is 13.2 Å². The van der Waals surface area contributed by atoms with Crippen LogP contribution in [0.15, 0.2) is 53.4 Å². The van der Waals surface area contributed by atoms with E-state index in [0.717, 1.165) is 18.8 Å². The van der Waals surface area contributed by atoms with Crippen molar-refractivity contribution in [2.45, 2.75) is 4.90 Å². The molecule has 2 saturated heterocycles. The summed E-state index contributed by atoms with van der Waals surface area (Å²) in [5.74, 6) is 0.155. The SMILES string of the molecule is O=C(COc1ccc(S(=O)(=O)N2CCOCC2)cc1Cl)N1CCN(c2ccccc2)CC1. The molecule has 0 atom stereocenters. The molecule has 2 fully saturated rings. The monoisotopic (exact) mass is 479 g/mol. The van der Waals surface area contributed by atoms with E-state index in [4.69, 9.17) is 21.1 Å². The Morgan fingerprint density at radius 2 is 1.66 bits per heavy atom. The molecule has 10 heteroatoms. The Morgan fingerprint density at radius 3 is 2.31 bits per heavy atom. The standard InChI is InChI=1S/C22H26ClN3O5S/c23-20-16-19(32(28,29)26-12-14-30-15-13-26)6-7-21(20)31-17-22(27)25-10-8-24(9-11-25)18-4-2-1-3-5-18/h1-7,16H,8-15,17H2. The van der Waals surface area contributed by atoms with E-state index < -0.39 is 10.0 Å². The molecule has 0 aliphatic carbocycles. The van der Waals surface area contributed by atoms with Crippen LogP contribution in [-0.2, 0) is 19.6 Å². The number of rotatable bonds is 6. The van der Waals surface area contributed by atoms with Crippen LogP contribution < -0.4 is 9.64 Å². The van der Waals surface area contributed by atoms with Crippen molar-refractivity contribution in [2.75, 3.05) is 64.0 Å². The minimum Gasteiger partial charge on any atom is -0.482 e. The van der Waals surface area contributed by atoms with Gasteiger partial charge in [-0.2, -0.15) is 4.31 Å². The second kappa shape index (κ2) is 10.1. The van der Waals surface area contributed by atoms with Crippen molar-refractivity contribution in [3.63, 3.8) is 0 Å². The van der Waals surface area contributed by atoms with Crippen molar-refractivity contribution in [1.29, 1.82) is 0 Å². The van der Waals surface area contributed by atoms with Crippen LogP contribution in [0.5, 0.6) is 5.75 Å². The molecule has 2 aromatic rings. The number of morpholine rings is 1. The van der Waals surface area contributed by atoms with Gasteiger partial charge in [0.2, 0.25) is 10.0 Å². The summed E-state index contributed by atoms with van der Waals surface area (Å²) < 4.78 is 37.7. The number of amides is 1. The molecule has 0 unspecified atom stereocenters. The first-order chi connectivity index (χ1) is 15.4. The van der Waals surface area contributed by atoms with Gasteiger partial charge in [0.15, 0.2) is 6.61 Å². The lowest BCUT2D eigenvalue weighted by Crippen LogP contribution is -2.50. The Balaban J connectivity index is 1.31. The number of anilines is 1. The van der Waals surface area contributed by atoms with Gasteiger partial charge in [0.25, 0.3) is 5.91 Å². The highest BCUT2D eigenvalue weighted by molar-refractivity contribution is 7.89. The van der Waals surface area contributed by atoms with Gasteiger partial charge in [-0.05, 0) is 30.3 Å². The molecule has 172 valence electrons. The third-order valence-corrected chi connectivity index (χ3v) is 7.81. The zero-order valence-corrected chi connectivity index (χ0v) is 19.2. The molecule has 2 aliphatic rings. The average Bonchev–Trinajstić information content (AvgIpc) is 2.84. The van der Waals surface area contributed by atoms with Gasteiger partial charge in [0.05, 0.1) is 23.1 Å². The van der Waals surface area contributed by atoms with E-state index in [1.54, 1.807) is 4.90 Å². The zero-order valence-electron chi connectivity index (χ0n) is 17.7. The van der Waals surface area contributed by atoms with Crippen molar-refractivity contribution in [1.82, 2.24) is 9.21 Å². The lowest BCUT2D eigenvalue weighted by Gasteiger charge is -2.36.